The van der Waals surface area contributed by atoms with Gasteiger partial charge in [-0.25, -0.2) is 0 Å². The highest BCUT2D eigenvalue weighted by atomic mass is 79.9. The molecule has 15 heavy (non-hydrogen) atoms. The Balaban J connectivity index is 2.67. The van der Waals surface area contributed by atoms with Crippen LogP contribution in [0.1, 0.15) is 21.7 Å². The third-order valence-corrected chi connectivity index (χ3v) is 4.24. The second-order valence-electron chi connectivity index (χ2n) is 3.44. The minimum absolute atomic E-state index is 0.0715. The highest BCUT2D eigenvalue weighted by molar-refractivity contribution is 9.11. The van der Waals surface area contributed by atoms with Crippen LogP contribution >= 0.6 is 27.3 Å². The molecule has 3 nitrogen and oxygen atoms in total. The number of carbonyl (C=O) groups excluding carboxylic acids is 1. The smallest absolute Gasteiger partial charge is 0.263 e. The van der Waals surface area contributed by atoms with Crippen LogP contribution < -0.4 is 5.73 Å². The molecule has 0 aliphatic heterocycles. The molecule has 0 unspecified atom stereocenters. The van der Waals surface area contributed by atoms with E-state index in [1.807, 2.05) is 13.0 Å². The Bertz CT molecular complexity index is 332. The molecule has 1 aromatic rings. The maximum Gasteiger partial charge on any atom is 0.263 e. The highest BCUT2D eigenvalue weighted by Crippen LogP contribution is 2.27. The van der Waals surface area contributed by atoms with Gasteiger partial charge in [-0.2, -0.15) is 0 Å². The zero-order valence-electron chi connectivity index (χ0n) is 8.92. The predicted octanol–water partition coefficient (Wildman–Crippen LogP) is 2.24. The van der Waals surface area contributed by atoms with Crippen molar-refractivity contribution in [2.75, 3.05) is 20.1 Å². The third-order valence-electron chi connectivity index (χ3n) is 2.11. The zero-order valence-corrected chi connectivity index (χ0v) is 11.3. The lowest BCUT2D eigenvalue weighted by molar-refractivity contribution is 0.0799. The Hall–Kier alpha value is -0.390. The van der Waals surface area contributed by atoms with Crippen LogP contribution in [0.4, 0.5) is 0 Å². The maximum absolute atomic E-state index is 11.9. The SMILES string of the molecule is Cc1cc(C(=O)N(C)CCCN)sc1Br. The van der Waals surface area contributed by atoms with Crippen LogP contribution in [0.15, 0.2) is 9.85 Å². The predicted molar refractivity (Wildman–Crippen MR) is 67.4 cm³/mol. The molecule has 1 aromatic heterocycles. The Morgan fingerprint density at radius 1 is 1.67 bits per heavy atom. The van der Waals surface area contributed by atoms with Gasteiger partial charge in [0.15, 0.2) is 0 Å². The van der Waals surface area contributed by atoms with E-state index in [1.54, 1.807) is 11.9 Å². The van der Waals surface area contributed by atoms with E-state index in [0.717, 1.165) is 20.6 Å². The summed E-state index contributed by atoms with van der Waals surface area (Å²) in [6, 6.07) is 1.91. The molecule has 5 heteroatoms. The van der Waals surface area contributed by atoms with Gasteiger partial charge in [0, 0.05) is 13.6 Å². The van der Waals surface area contributed by atoms with E-state index < -0.39 is 0 Å². The van der Waals surface area contributed by atoms with Crippen molar-refractivity contribution < 1.29 is 4.79 Å². The van der Waals surface area contributed by atoms with Crippen molar-refractivity contribution in [3.05, 3.63) is 20.3 Å². The van der Waals surface area contributed by atoms with Gasteiger partial charge in [0.2, 0.25) is 0 Å². The van der Waals surface area contributed by atoms with E-state index in [2.05, 4.69) is 15.9 Å². The summed E-state index contributed by atoms with van der Waals surface area (Å²) in [6.45, 7) is 3.31. The van der Waals surface area contributed by atoms with Crippen molar-refractivity contribution in [3.63, 3.8) is 0 Å². The topological polar surface area (TPSA) is 46.3 Å². The molecule has 84 valence electrons. The number of carbonyl (C=O) groups is 1. The lowest BCUT2D eigenvalue weighted by Gasteiger charge is -2.15. The summed E-state index contributed by atoms with van der Waals surface area (Å²) in [5, 5.41) is 0. The Morgan fingerprint density at radius 3 is 2.80 bits per heavy atom. The Labute approximate surface area is 102 Å². The fourth-order valence-electron chi connectivity index (χ4n) is 1.18. The van der Waals surface area contributed by atoms with E-state index in [9.17, 15) is 4.79 Å². The van der Waals surface area contributed by atoms with Crippen molar-refractivity contribution in [3.8, 4) is 0 Å². The van der Waals surface area contributed by atoms with Gasteiger partial charge in [-0.1, -0.05) is 0 Å². The van der Waals surface area contributed by atoms with Gasteiger partial charge in [0.05, 0.1) is 8.66 Å². The zero-order chi connectivity index (χ0) is 11.4. The van der Waals surface area contributed by atoms with Crippen LogP contribution in [0.3, 0.4) is 0 Å². The second kappa shape index (κ2) is 5.63. The molecule has 1 amide bonds. The molecular formula is C10H15BrN2OS. The summed E-state index contributed by atoms with van der Waals surface area (Å²) in [4.78, 5) is 14.4. The summed E-state index contributed by atoms with van der Waals surface area (Å²) in [5.41, 5.74) is 6.51. The second-order valence-corrected chi connectivity index (χ2v) is 5.81. The number of nitrogens with two attached hydrogens (primary N) is 1. The largest absolute Gasteiger partial charge is 0.341 e. The third kappa shape index (κ3) is 3.29. The first-order valence-electron chi connectivity index (χ1n) is 4.77. The van der Waals surface area contributed by atoms with Gasteiger partial charge in [0.1, 0.15) is 0 Å². The molecule has 0 spiro atoms. The Kier molecular flexibility index (Phi) is 4.76. The number of hydrogen-bond acceptors (Lipinski definition) is 3. The molecule has 0 saturated carbocycles. The first-order chi connectivity index (χ1) is 7.06. The van der Waals surface area contributed by atoms with E-state index in [-0.39, 0.29) is 5.91 Å². The Morgan fingerprint density at radius 2 is 2.33 bits per heavy atom. The van der Waals surface area contributed by atoms with Gasteiger partial charge < -0.3 is 10.6 Å². The average Bonchev–Trinajstić information content (AvgIpc) is 2.54. The average molecular weight is 291 g/mol. The van der Waals surface area contributed by atoms with E-state index in [1.165, 1.54) is 11.3 Å². The minimum Gasteiger partial charge on any atom is -0.341 e. The molecule has 0 aliphatic rings. The number of rotatable bonds is 4. The van der Waals surface area contributed by atoms with Gasteiger partial charge in [-0.05, 0) is 47.4 Å². The number of amides is 1. The van der Waals surface area contributed by atoms with Crippen LogP contribution in [-0.4, -0.2) is 30.9 Å². The fourth-order valence-corrected chi connectivity index (χ4v) is 2.71. The number of hydrogen-bond donors (Lipinski definition) is 1. The van der Waals surface area contributed by atoms with Gasteiger partial charge in [0.25, 0.3) is 5.91 Å². The molecule has 2 N–H and O–H groups in total. The van der Waals surface area contributed by atoms with Gasteiger partial charge in [-0.15, -0.1) is 11.3 Å². The minimum atomic E-state index is 0.0715. The monoisotopic (exact) mass is 290 g/mol. The quantitative estimate of drug-likeness (QED) is 0.924. The van der Waals surface area contributed by atoms with Crippen LogP contribution in [0.2, 0.25) is 0 Å². The molecule has 0 bridgehead atoms. The fraction of sp³-hybridized carbons (Fsp3) is 0.500. The first-order valence-corrected chi connectivity index (χ1v) is 6.38. The number of thiophene rings is 1. The molecule has 0 aliphatic carbocycles. The summed E-state index contributed by atoms with van der Waals surface area (Å²) < 4.78 is 1.03. The summed E-state index contributed by atoms with van der Waals surface area (Å²) in [5.74, 6) is 0.0715. The van der Waals surface area contributed by atoms with Crippen molar-refractivity contribution in [2.45, 2.75) is 13.3 Å². The van der Waals surface area contributed by atoms with Crippen molar-refractivity contribution in [2.24, 2.45) is 5.73 Å². The van der Waals surface area contributed by atoms with Crippen LogP contribution in [0.5, 0.6) is 0 Å². The molecular weight excluding hydrogens is 276 g/mol. The van der Waals surface area contributed by atoms with Crippen LogP contribution in [-0.2, 0) is 0 Å². The maximum atomic E-state index is 11.9. The summed E-state index contributed by atoms with van der Waals surface area (Å²) in [7, 11) is 1.81. The molecule has 1 heterocycles. The van der Waals surface area contributed by atoms with E-state index in [0.29, 0.717) is 13.1 Å². The summed E-state index contributed by atoms with van der Waals surface area (Å²) in [6.07, 6.45) is 0.841. The van der Waals surface area contributed by atoms with Crippen LogP contribution in [0, 0.1) is 6.92 Å². The highest BCUT2D eigenvalue weighted by Gasteiger charge is 2.14. The van der Waals surface area contributed by atoms with Crippen molar-refractivity contribution in [1.82, 2.24) is 4.90 Å². The lowest BCUT2D eigenvalue weighted by atomic mass is 10.3. The summed E-state index contributed by atoms with van der Waals surface area (Å²) >= 11 is 4.89. The molecule has 0 aromatic carbocycles. The van der Waals surface area contributed by atoms with E-state index in [4.69, 9.17) is 5.73 Å². The number of aryl methyl sites for hydroxylation is 1. The van der Waals surface area contributed by atoms with E-state index >= 15 is 0 Å². The molecule has 0 saturated heterocycles. The van der Waals surface area contributed by atoms with Gasteiger partial charge >= 0.3 is 0 Å². The van der Waals surface area contributed by atoms with Crippen LogP contribution in [0.25, 0.3) is 0 Å². The first kappa shape index (κ1) is 12.7. The standard InChI is InChI=1S/C10H15BrN2OS/c1-7-6-8(15-9(7)11)10(14)13(2)5-3-4-12/h6H,3-5,12H2,1-2H3. The molecule has 1 rings (SSSR count). The van der Waals surface area contributed by atoms with Crippen molar-refractivity contribution >= 4 is 33.2 Å². The van der Waals surface area contributed by atoms with Gasteiger partial charge in [-0.3, -0.25) is 4.79 Å². The molecule has 0 radical (unpaired) electrons. The molecule has 0 fully saturated rings. The van der Waals surface area contributed by atoms with Crippen molar-refractivity contribution in [1.29, 1.82) is 0 Å². The normalized spacial score (nSPS) is 10.4. The molecule has 0 atom stereocenters. The number of halogens is 1. The lowest BCUT2D eigenvalue weighted by Crippen LogP contribution is -2.28. The number of nitrogens with zero attached hydrogens (tertiary/aromatic N) is 1.